The van der Waals surface area contributed by atoms with E-state index in [1.54, 1.807) is 23.4 Å². The summed E-state index contributed by atoms with van der Waals surface area (Å²) < 4.78 is 6.74. The van der Waals surface area contributed by atoms with Crippen LogP contribution >= 0.6 is 23.5 Å². The maximum absolute atomic E-state index is 12.8. The number of amides is 1. The molecule has 26 heavy (non-hydrogen) atoms. The molecule has 1 unspecified atom stereocenters. The Morgan fingerprint density at radius 3 is 2.92 bits per heavy atom. The number of nitrogens with zero attached hydrogens (tertiary/aromatic N) is 2. The van der Waals surface area contributed by atoms with Crippen LogP contribution in [0.2, 0.25) is 0 Å². The molecule has 138 valence electrons. The number of nitrogens with one attached hydrogen (secondary N) is 1. The quantitative estimate of drug-likeness (QED) is 0.578. The van der Waals surface area contributed by atoms with Crippen LogP contribution < -0.4 is 10.9 Å². The first-order valence-corrected chi connectivity index (χ1v) is 10.2. The van der Waals surface area contributed by atoms with Gasteiger partial charge in [0.15, 0.2) is 5.16 Å². The zero-order valence-electron chi connectivity index (χ0n) is 14.7. The fraction of sp³-hybridized carbons (Fsp3) is 0.389. The molecule has 1 N–H and O–H groups in total. The van der Waals surface area contributed by atoms with Crippen molar-refractivity contribution in [3.8, 4) is 0 Å². The van der Waals surface area contributed by atoms with E-state index in [2.05, 4.69) is 17.2 Å². The highest BCUT2D eigenvalue weighted by atomic mass is 32.2. The van der Waals surface area contributed by atoms with Crippen LogP contribution in [0.3, 0.4) is 0 Å². The monoisotopic (exact) mass is 391 g/mol. The highest BCUT2D eigenvalue weighted by Gasteiger charge is 2.26. The molecule has 6 nitrogen and oxygen atoms in total. The molecule has 2 aromatic rings. The number of hydrogen-bond donors (Lipinski definition) is 1. The largest absolute Gasteiger partial charge is 0.383 e. The predicted octanol–water partition coefficient (Wildman–Crippen LogP) is 2.66. The molecule has 0 fully saturated rings. The van der Waals surface area contributed by atoms with Crippen LogP contribution in [0.25, 0.3) is 0 Å². The lowest BCUT2D eigenvalue weighted by Crippen LogP contribution is -2.27. The van der Waals surface area contributed by atoms with E-state index in [9.17, 15) is 9.59 Å². The van der Waals surface area contributed by atoms with Gasteiger partial charge in [-0.15, -0.1) is 11.8 Å². The summed E-state index contributed by atoms with van der Waals surface area (Å²) >= 11 is 2.86. The molecule has 1 atom stereocenters. The smallest absolute Gasteiger partial charge is 0.268 e. The van der Waals surface area contributed by atoms with Gasteiger partial charge in [-0.05, 0) is 12.1 Å². The number of thioether (sulfide) groups is 2. The normalized spacial score (nSPS) is 15.7. The SMILES string of the molecule is COCCn1c(SCC(=O)Nc2ccccc2)nc2c(c1=O)SC(C)C2. The molecule has 1 aliphatic heterocycles. The van der Waals surface area contributed by atoms with Gasteiger partial charge in [0.2, 0.25) is 5.91 Å². The van der Waals surface area contributed by atoms with Gasteiger partial charge >= 0.3 is 0 Å². The van der Waals surface area contributed by atoms with E-state index >= 15 is 0 Å². The van der Waals surface area contributed by atoms with Crippen molar-refractivity contribution in [2.75, 3.05) is 24.8 Å². The fourth-order valence-electron chi connectivity index (χ4n) is 2.67. The molecule has 1 aromatic heterocycles. The summed E-state index contributed by atoms with van der Waals surface area (Å²) in [6.45, 7) is 2.93. The minimum absolute atomic E-state index is 0.0348. The Hall–Kier alpha value is -1.77. The van der Waals surface area contributed by atoms with Crippen LogP contribution in [0.1, 0.15) is 12.6 Å². The van der Waals surface area contributed by atoms with Crippen LogP contribution in [0, 0.1) is 0 Å². The zero-order chi connectivity index (χ0) is 18.5. The van der Waals surface area contributed by atoms with Crippen LogP contribution in [-0.2, 0) is 22.5 Å². The van der Waals surface area contributed by atoms with Gasteiger partial charge in [-0.1, -0.05) is 36.9 Å². The van der Waals surface area contributed by atoms with E-state index in [4.69, 9.17) is 4.74 Å². The van der Waals surface area contributed by atoms with Crippen molar-refractivity contribution in [1.29, 1.82) is 0 Å². The Bertz CT molecular complexity index is 840. The number of para-hydroxylation sites is 1. The maximum atomic E-state index is 12.8. The second-order valence-electron chi connectivity index (χ2n) is 5.96. The standard InChI is InChI=1S/C18H21N3O3S2/c1-12-10-14-16(26-12)17(23)21(8-9-24-2)18(20-14)25-11-15(22)19-13-6-4-3-5-7-13/h3-7,12H,8-11H2,1-2H3,(H,19,22). The van der Waals surface area contributed by atoms with Crippen LogP contribution in [0.5, 0.6) is 0 Å². The number of carbonyl (C=O) groups excluding carboxylic acids is 1. The molecule has 3 rings (SSSR count). The zero-order valence-corrected chi connectivity index (χ0v) is 16.4. The first-order valence-electron chi connectivity index (χ1n) is 8.35. The second-order valence-corrected chi connectivity index (χ2v) is 8.35. The van der Waals surface area contributed by atoms with Gasteiger partial charge in [-0.25, -0.2) is 4.98 Å². The molecule has 1 aromatic carbocycles. The number of benzene rings is 1. The maximum Gasteiger partial charge on any atom is 0.268 e. The Balaban J connectivity index is 1.76. The second kappa shape index (κ2) is 8.75. The third kappa shape index (κ3) is 4.49. The van der Waals surface area contributed by atoms with E-state index in [1.165, 1.54) is 11.8 Å². The van der Waals surface area contributed by atoms with Crippen LogP contribution in [0.4, 0.5) is 5.69 Å². The summed E-state index contributed by atoms with van der Waals surface area (Å²) in [6.07, 6.45) is 0.782. The van der Waals surface area contributed by atoms with Gasteiger partial charge in [0.1, 0.15) is 0 Å². The number of aromatic nitrogens is 2. The van der Waals surface area contributed by atoms with Crippen molar-refractivity contribution in [3.05, 3.63) is 46.4 Å². The molecule has 1 aliphatic rings. The Kier molecular flexibility index (Phi) is 6.39. The highest BCUT2D eigenvalue weighted by molar-refractivity contribution is 8.00. The molecule has 2 heterocycles. The summed E-state index contributed by atoms with van der Waals surface area (Å²) in [7, 11) is 1.60. The molecular formula is C18H21N3O3S2. The van der Waals surface area contributed by atoms with Crippen molar-refractivity contribution < 1.29 is 9.53 Å². The van der Waals surface area contributed by atoms with Crippen molar-refractivity contribution in [3.63, 3.8) is 0 Å². The number of carbonyl (C=O) groups is 1. The lowest BCUT2D eigenvalue weighted by atomic mass is 10.2. The van der Waals surface area contributed by atoms with Crippen molar-refractivity contribution in [2.24, 2.45) is 0 Å². The average molecular weight is 392 g/mol. The predicted molar refractivity (Wildman–Crippen MR) is 105 cm³/mol. The van der Waals surface area contributed by atoms with Gasteiger partial charge in [-0.2, -0.15) is 0 Å². The minimum atomic E-state index is -0.128. The molecule has 0 radical (unpaired) electrons. The Morgan fingerprint density at radius 1 is 1.42 bits per heavy atom. The highest BCUT2D eigenvalue weighted by Crippen LogP contribution is 2.34. The lowest BCUT2D eigenvalue weighted by Gasteiger charge is -2.13. The minimum Gasteiger partial charge on any atom is -0.383 e. The van der Waals surface area contributed by atoms with Gasteiger partial charge < -0.3 is 10.1 Å². The van der Waals surface area contributed by atoms with Gasteiger partial charge in [0, 0.05) is 24.5 Å². The van der Waals surface area contributed by atoms with E-state index in [0.717, 1.165) is 22.7 Å². The summed E-state index contributed by atoms with van der Waals surface area (Å²) in [6, 6.07) is 9.30. The van der Waals surface area contributed by atoms with Gasteiger partial charge in [-0.3, -0.25) is 14.2 Å². The lowest BCUT2D eigenvalue weighted by molar-refractivity contribution is -0.113. The van der Waals surface area contributed by atoms with Crippen molar-refractivity contribution >= 4 is 35.1 Å². The summed E-state index contributed by atoms with van der Waals surface area (Å²) in [5.74, 6) is 0.0625. The molecule has 0 saturated heterocycles. The van der Waals surface area contributed by atoms with Gasteiger partial charge in [0.05, 0.1) is 29.5 Å². The van der Waals surface area contributed by atoms with E-state index in [-0.39, 0.29) is 17.2 Å². The van der Waals surface area contributed by atoms with Crippen molar-refractivity contribution in [1.82, 2.24) is 9.55 Å². The summed E-state index contributed by atoms with van der Waals surface area (Å²) in [5.41, 5.74) is 1.56. The van der Waals surface area contributed by atoms with Crippen LogP contribution in [-0.4, -0.2) is 40.2 Å². The topological polar surface area (TPSA) is 73.2 Å². The van der Waals surface area contributed by atoms with Crippen LogP contribution in [0.15, 0.2) is 45.2 Å². The molecule has 0 saturated carbocycles. The molecule has 8 heteroatoms. The van der Waals surface area contributed by atoms with Crippen molar-refractivity contribution in [2.45, 2.75) is 35.2 Å². The fourth-order valence-corrected chi connectivity index (χ4v) is 4.63. The summed E-state index contributed by atoms with van der Waals surface area (Å²) in [5, 5.41) is 3.77. The molecule has 0 spiro atoms. The number of methoxy groups -OCH3 is 1. The molecule has 1 amide bonds. The third-order valence-corrected chi connectivity index (χ3v) is 6.06. The molecular weight excluding hydrogens is 370 g/mol. The summed E-state index contributed by atoms with van der Waals surface area (Å²) in [4.78, 5) is 30.4. The van der Waals surface area contributed by atoms with E-state index in [0.29, 0.717) is 23.6 Å². The van der Waals surface area contributed by atoms with E-state index in [1.807, 2.05) is 30.3 Å². The number of anilines is 1. The first kappa shape index (κ1) is 19.0. The van der Waals surface area contributed by atoms with Gasteiger partial charge in [0.25, 0.3) is 5.56 Å². The number of rotatable bonds is 7. The number of fused-ring (bicyclic) bond motifs is 1. The first-order chi connectivity index (χ1) is 12.6. The average Bonchev–Trinajstić information content (AvgIpc) is 3.01. The molecule has 0 aliphatic carbocycles. The Labute approximate surface area is 160 Å². The number of ether oxygens (including phenoxy) is 1. The molecule has 0 bridgehead atoms. The third-order valence-electron chi connectivity index (χ3n) is 3.87. The number of hydrogen-bond acceptors (Lipinski definition) is 6. The Morgan fingerprint density at radius 2 is 2.19 bits per heavy atom. The van der Waals surface area contributed by atoms with E-state index < -0.39 is 0 Å².